The zero-order valence-electron chi connectivity index (χ0n) is 14.7. The number of esters is 1. The van der Waals surface area contributed by atoms with Crippen molar-refractivity contribution in [2.75, 3.05) is 6.61 Å². The molecule has 3 rings (SSSR count). The Morgan fingerprint density at radius 1 is 1.04 bits per heavy atom. The van der Waals surface area contributed by atoms with Gasteiger partial charge in [-0.2, -0.15) is 0 Å². The van der Waals surface area contributed by atoms with E-state index in [2.05, 4.69) is 5.32 Å². The van der Waals surface area contributed by atoms with E-state index in [-0.39, 0.29) is 24.3 Å². The fourth-order valence-electron chi connectivity index (χ4n) is 2.56. The van der Waals surface area contributed by atoms with Crippen molar-refractivity contribution >= 4 is 23.2 Å². The topological polar surface area (TPSA) is 75.6 Å². The summed E-state index contributed by atoms with van der Waals surface area (Å²) < 4.78 is 5.09. The molecule has 1 aromatic heterocycles. The number of carbonyl (C=O) groups is 2. The van der Waals surface area contributed by atoms with E-state index in [9.17, 15) is 14.7 Å². The first kappa shape index (κ1) is 18.7. The molecule has 27 heavy (non-hydrogen) atoms. The zero-order valence-corrected chi connectivity index (χ0v) is 15.5. The van der Waals surface area contributed by atoms with Gasteiger partial charge in [-0.1, -0.05) is 30.3 Å². The molecule has 0 saturated heterocycles. The van der Waals surface area contributed by atoms with E-state index in [0.717, 1.165) is 16.0 Å². The predicted octanol–water partition coefficient (Wildman–Crippen LogP) is 4.15. The SMILES string of the molecule is C[C@H](NC(=O)COC(=O)c1ccc(-c2ccc(O)cc2)cc1)c1cccs1. The summed E-state index contributed by atoms with van der Waals surface area (Å²) in [6.07, 6.45) is 0. The molecule has 1 atom stereocenters. The third kappa shape index (κ3) is 4.95. The molecule has 0 aliphatic carbocycles. The molecule has 1 heterocycles. The largest absolute Gasteiger partial charge is 0.508 e. The first-order chi connectivity index (χ1) is 13.0. The van der Waals surface area contributed by atoms with Crippen LogP contribution < -0.4 is 5.32 Å². The Balaban J connectivity index is 1.53. The summed E-state index contributed by atoms with van der Waals surface area (Å²) in [4.78, 5) is 25.1. The highest BCUT2D eigenvalue weighted by atomic mass is 32.1. The van der Waals surface area contributed by atoms with Crippen molar-refractivity contribution in [3.8, 4) is 16.9 Å². The van der Waals surface area contributed by atoms with E-state index in [1.54, 1.807) is 59.9 Å². The van der Waals surface area contributed by atoms with Crippen LogP contribution >= 0.6 is 11.3 Å². The molecule has 0 aliphatic rings. The lowest BCUT2D eigenvalue weighted by Crippen LogP contribution is -2.30. The number of benzene rings is 2. The van der Waals surface area contributed by atoms with Crippen LogP contribution in [0.1, 0.15) is 28.2 Å². The van der Waals surface area contributed by atoms with Gasteiger partial charge >= 0.3 is 5.97 Å². The van der Waals surface area contributed by atoms with Crippen molar-refractivity contribution in [1.29, 1.82) is 0 Å². The molecule has 0 saturated carbocycles. The number of phenolic OH excluding ortho intramolecular Hbond substituents is 1. The molecule has 0 spiro atoms. The summed E-state index contributed by atoms with van der Waals surface area (Å²) >= 11 is 1.56. The first-order valence-corrected chi connectivity index (χ1v) is 9.30. The lowest BCUT2D eigenvalue weighted by Gasteiger charge is -2.12. The van der Waals surface area contributed by atoms with Gasteiger partial charge in [-0.05, 0) is 53.8 Å². The van der Waals surface area contributed by atoms with E-state index >= 15 is 0 Å². The molecular weight excluding hydrogens is 362 g/mol. The second-order valence-corrected chi connectivity index (χ2v) is 6.98. The Labute approximate surface area is 161 Å². The maximum atomic E-state index is 12.1. The number of hydrogen-bond acceptors (Lipinski definition) is 5. The first-order valence-electron chi connectivity index (χ1n) is 8.42. The lowest BCUT2D eigenvalue weighted by atomic mass is 10.0. The Morgan fingerprint density at radius 2 is 1.67 bits per heavy atom. The molecule has 138 valence electrons. The van der Waals surface area contributed by atoms with Gasteiger partial charge in [-0.15, -0.1) is 11.3 Å². The molecule has 5 nitrogen and oxygen atoms in total. The standard InChI is InChI=1S/C21H19NO4S/c1-14(19-3-2-12-27-19)22-20(24)13-26-21(25)17-6-4-15(5-7-17)16-8-10-18(23)11-9-16/h2-12,14,23H,13H2,1H3,(H,22,24)/t14-/m0/s1. The predicted molar refractivity (Wildman–Crippen MR) is 105 cm³/mol. The van der Waals surface area contributed by atoms with Crippen molar-refractivity contribution in [3.05, 3.63) is 76.5 Å². The van der Waals surface area contributed by atoms with Crippen LogP contribution in [0, 0.1) is 0 Å². The van der Waals surface area contributed by atoms with E-state index in [1.807, 2.05) is 24.4 Å². The molecule has 2 N–H and O–H groups in total. The third-order valence-electron chi connectivity index (χ3n) is 4.00. The number of phenols is 1. The number of amides is 1. The molecular formula is C21H19NO4S. The molecule has 0 radical (unpaired) electrons. The van der Waals surface area contributed by atoms with Crippen LogP contribution in [0.2, 0.25) is 0 Å². The summed E-state index contributed by atoms with van der Waals surface area (Å²) in [5.74, 6) is -0.693. The van der Waals surface area contributed by atoms with E-state index in [0.29, 0.717) is 5.56 Å². The number of ether oxygens (including phenoxy) is 1. The van der Waals surface area contributed by atoms with Gasteiger partial charge < -0.3 is 15.2 Å². The van der Waals surface area contributed by atoms with E-state index in [4.69, 9.17) is 4.74 Å². The average Bonchev–Trinajstić information content (AvgIpc) is 3.22. The highest BCUT2D eigenvalue weighted by Gasteiger charge is 2.13. The van der Waals surface area contributed by atoms with Gasteiger partial charge in [0, 0.05) is 4.88 Å². The van der Waals surface area contributed by atoms with Crippen LogP contribution in [0.15, 0.2) is 66.0 Å². The number of hydrogen-bond donors (Lipinski definition) is 2. The number of thiophene rings is 1. The summed E-state index contributed by atoms with van der Waals surface area (Å²) in [5, 5.41) is 14.1. The van der Waals surface area contributed by atoms with Gasteiger partial charge in [0.05, 0.1) is 11.6 Å². The Kier molecular flexibility index (Phi) is 5.88. The second kappa shape index (κ2) is 8.51. The van der Waals surface area contributed by atoms with Gasteiger partial charge in [0.2, 0.25) is 0 Å². The normalized spacial score (nSPS) is 11.6. The molecule has 1 amide bonds. The third-order valence-corrected chi connectivity index (χ3v) is 5.06. The maximum Gasteiger partial charge on any atom is 0.338 e. The second-order valence-electron chi connectivity index (χ2n) is 6.00. The number of carbonyl (C=O) groups excluding carboxylic acids is 2. The Bertz CT molecular complexity index is 902. The monoisotopic (exact) mass is 381 g/mol. The van der Waals surface area contributed by atoms with Crippen LogP contribution in [0.25, 0.3) is 11.1 Å². The van der Waals surface area contributed by atoms with E-state index in [1.165, 1.54) is 0 Å². The summed E-state index contributed by atoms with van der Waals surface area (Å²) in [7, 11) is 0. The number of aromatic hydroxyl groups is 1. The highest BCUT2D eigenvalue weighted by Crippen LogP contribution is 2.22. The molecule has 0 fully saturated rings. The summed E-state index contributed by atoms with van der Waals surface area (Å²) in [6, 6.07) is 17.4. The van der Waals surface area contributed by atoms with Gasteiger partial charge in [-0.3, -0.25) is 4.79 Å². The fraction of sp³-hybridized carbons (Fsp3) is 0.143. The molecule has 3 aromatic rings. The van der Waals surface area contributed by atoms with E-state index < -0.39 is 5.97 Å². The molecule has 0 unspecified atom stereocenters. The van der Waals surface area contributed by atoms with Crippen LogP contribution in [-0.4, -0.2) is 23.6 Å². The van der Waals surface area contributed by atoms with Crippen molar-refractivity contribution in [2.45, 2.75) is 13.0 Å². The van der Waals surface area contributed by atoms with Crippen LogP contribution in [0.5, 0.6) is 5.75 Å². The molecule has 0 bridgehead atoms. The van der Waals surface area contributed by atoms with Crippen molar-refractivity contribution in [1.82, 2.24) is 5.32 Å². The zero-order chi connectivity index (χ0) is 19.2. The van der Waals surface area contributed by atoms with Crippen molar-refractivity contribution in [3.63, 3.8) is 0 Å². The number of rotatable bonds is 6. The Hall–Kier alpha value is -3.12. The molecule has 2 aromatic carbocycles. The minimum absolute atomic E-state index is 0.124. The smallest absolute Gasteiger partial charge is 0.338 e. The minimum atomic E-state index is -0.550. The fourth-order valence-corrected chi connectivity index (χ4v) is 3.29. The average molecular weight is 381 g/mol. The highest BCUT2D eigenvalue weighted by molar-refractivity contribution is 7.10. The van der Waals surface area contributed by atoms with Gasteiger partial charge in [-0.25, -0.2) is 4.79 Å². The van der Waals surface area contributed by atoms with Crippen LogP contribution in [-0.2, 0) is 9.53 Å². The van der Waals surface area contributed by atoms with Gasteiger partial charge in [0.15, 0.2) is 6.61 Å². The van der Waals surface area contributed by atoms with Gasteiger partial charge in [0.25, 0.3) is 5.91 Å². The summed E-state index contributed by atoms with van der Waals surface area (Å²) in [6.45, 7) is 1.56. The summed E-state index contributed by atoms with van der Waals surface area (Å²) in [5.41, 5.74) is 2.21. The van der Waals surface area contributed by atoms with Crippen molar-refractivity contribution in [2.24, 2.45) is 0 Å². The maximum absolute atomic E-state index is 12.1. The quantitative estimate of drug-likeness (QED) is 0.629. The lowest BCUT2D eigenvalue weighted by molar-refractivity contribution is -0.124. The van der Waals surface area contributed by atoms with Gasteiger partial charge in [0.1, 0.15) is 5.75 Å². The van der Waals surface area contributed by atoms with Crippen LogP contribution in [0.4, 0.5) is 0 Å². The van der Waals surface area contributed by atoms with Crippen molar-refractivity contribution < 1.29 is 19.4 Å². The molecule has 6 heteroatoms. The molecule has 0 aliphatic heterocycles. The Morgan fingerprint density at radius 3 is 2.26 bits per heavy atom. The number of nitrogens with one attached hydrogen (secondary N) is 1. The van der Waals surface area contributed by atoms with Crippen LogP contribution in [0.3, 0.4) is 0 Å². The minimum Gasteiger partial charge on any atom is -0.508 e.